The van der Waals surface area contributed by atoms with E-state index in [4.69, 9.17) is 10.5 Å². The molecule has 3 rings (SSSR count). The van der Waals surface area contributed by atoms with Crippen molar-refractivity contribution in [3.63, 3.8) is 0 Å². The zero-order valence-electron chi connectivity index (χ0n) is 18.4. The zero-order chi connectivity index (χ0) is 22.8. The molecule has 3 aromatic rings. The number of fused-ring (bicyclic) bond motifs is 1. The van der Waals surface area contributed by atoms with Gasteiger partial charge in [0.05, 0.1) is 5.69 Å². The Kier molecular flexibility index (Phi) is 6.94. The van der Waals surface area contributed by atoms with Gasteiger partial charge < -0.3 is 10.5 Å². The van der Waals surface area contributed by atoms with E-state index in [2.05, 4.69) is 11.9 Å². The monoisotopic (exact) mass is 446 g/mol. The molecule has 0 aliphatic heterocycles. The van der Waals surface area contributed by atoms with Crippen LogP contribution < -0.4 is 5.73 Å². The summed E-state index contributed by atoms with van der Waals surface area (Å²) < 4.78 is 34.4. The first-order valence-corrected chi connectivity index (χ1v) is 11.3. The molecule has 2 heterocycles. The summed E-state index contributed by atoms with van der Waals surface area (Å²) in [6, 6.07) is 4.09. The quantitative estimate of drug-likeness (QED) is 0.317. The average Bonchev–Trinajstić information content (AvgIpc) is 3.03. The fourth-order valence-electron chi connectivity index (χ4n) is 3.54. The third-order valence-electron chi connectivity index (χ3n) is 4.94. The summed E-state index contributed by atoms with van der Waals surface area (Å²) in [5.74, 6) is -2.42. The summed E-state index contributed by atoms with van der Waals surface area (Å²) in [6.07, 6.45) is 6.46. The second-order valence-electron chi connectivity index (χ2n) is 8.60. The van der Waals surface area contributed by atoms with Crippen molar-refractivity contribution in [2.24, 2.45) is 0 Å². The van der Waals surface area contributed by atoms with E-state index in [1.54, 1.807) is 27.0 Å². The third-order valence-corrected chi connectivity index (χ3v) is 6.03. The number of hydrogen-bond donors (Lipinski definition) is 1. The van der Waals surface area contributed by atoms with Crippen molar-refractivity contribution in [1.82, 2.24) is 4.98 Å². The van der Waals surface area contributed by atoms with Crippen LogP contribution in [0.2, 0.25) is 0 Å². The zero-order valence-corrected chi connectivity index (χ0v) is 19.2. The number of nitrogens with zero attached hydrogens (tertiary/aromatic N) is 1. The van der Waals surface area contributed by atoms with Gasteiger partial charge in [-0.25, -0.2) is 18.6 Å². The Bertz CT molecular complexity index is 1100. The van der Waals surface area contributed by atoms with Gasteiger partial charge in [0.25, 0.3) is 0 Å². The lowest BCUT2D eigenvalue weighted by Gasteiger charge is -2.19. The van der Waals surface area contributed by atoms with E-state index in [1.807, 2.05) is 0 Å². The maximum absolute atomic E-state index is 14.8. The number of halogens is 2. The standard InChI is InChI=1S/C24H28F2N2O2S/c1-5-6-7-8-10-14-13-28-22-18(17(14)15-11-9-12-16(25)19(15)26)20(27)21(31-22)23(29)30-24(2,3)4/h9,11-13H,5-8,10,27H2,1-4H3. The Morgan fingerprint density at radius 3 is 2.61 bits per heavy atom. The van der Waals surface area contributed by atoms with Crippen LogP contribution in [0.4, 0.5) is 14.5 Å². The number of ether oxygens (including phenoxy) is 1. The Morgan fingerprint density at radius 1 is 1.19 bits per heavy atom. The molecular formula is C24H28F2N2O2S. The highest BCUT2D eigenvalue weighted by molar-refractivity contribution is 7.21. The van der Waals surface area contributed by atoms with Crippen LogP contribution >= 0.6 is 11.3 Å². The highest BCUT2D eigenvalue weighted by Gasteiger charge is 2.27. The molecule has 0 aliphatic carbocycles. The van der Waals surface area contributed by atoms with Gasteiger partial charge in [0, 0.05) is 22.7 Å². The number of pyridine rings is 1. The molecule has 0 bridgehead atoms. The van der Waals surface area contributed by atoms with Gasteiger partial charge in [0.2, 0.25) is 0 Å². The van der Waals surface area contributed by atoms with Gasteiger partial charge in [-0.3, -0.25) is 0 Å². The molecule has 0 saturated carbocycles. The number of nitrogen functional groups attached to an aromatic ring is 1. The van der Waals surface area contributed by atoms with Gasteiger partial charge in [0.1, 0.15) is 15.3 Å². The van der Waals surface area contributed by atoms with E-state index in [1.165, 1.54) is 12.1 Å². The van der Waals surface area contributed by atoms with E-state index in [9.17, 15) is 13.6 Å². The molecule has 1 aromatic carbocycles. The van der Waals surface area contributed by atoms with Crippen molar-refractivity contribution in [1.29, 1.82) is 0 Å². The number of unbranched alkanes of at least 4 members (excludes halogenated alkanes) is 3. The predicted molar refractivity (Wildman–Crippen MR) is 122 cm³/mol. The molecular weight excluding hydrogens is 418 g/mol. The maximum Gasteiger partial charge on any atom is 0.351 e. The smallest absolute Gasteiger partial charge is 0.351 e. The summed E-state index contributed by atoms with van der Waals surface area (Å²) in [7, 11) is 0. The molecule has 31 heavy (non-hydrogen) atoms. The van der Waals surface area contributed by atoms with Gasteiger partial charge >= 0.3 is 5.97 Å². The first kappa shape index (κ1) is 23.1. The number of rotatable bonds is 7. The number of carbonyl (C=O) groups is 1. The number of aromatic nitrogens is 1. The lowest BCUT2D eigenvalue weighted by Crippen LogP contribution is -2.23. The lowest BCUT2D eigenvalue weighted by atomic mass is 9.94. The predicted octanol–water partition coefficient (Wildman–Crippen LogP) is 6.90. The van der Waals surface area contributed by atoms with Crippen molar-refractivity contribution >= 4 is 33.2 Å². The Hall–Kier alpha value is -2.54. The Labute approximate surface area is 185 Å². The molecule has 0 unspecified atom stereocenters. The lowest BCUT2D eigenvalue weighted by molar-refractivity contribution is 0.00764. The van der Waals surface area contributed by atoms with Gasteiger partial charge in [-0.05, 0) is 45.2 Å². The fourth-order valence-corrected chi connectivity index (χ4v) is 4.49. The van der Waals surface area contributed by atoms with Gasteiger partial charge in [-0.15, -0.1) is 11.3 Å². The van der Waals surface area contributed by atoms with Crippen LogP contribution in [0.25, 0.3) is 21.3 Å². The molecule has 2 N–H and O–H groups in total. The number of nitrogens with two attached hydrogens (primary N) is 1. The first-order chi connectivity index (χ1) is 14.6. The minimum atomic E-state index is -0.936. The number of hydrogen-bond acceptors (Lipinski definition) is 5. The van der Waals surface area contributed by atoms with Crippen LogP contribution in [-0.2, 0) is 11.2 Å². The third kappa shape index (κ3) is 5.03. The second kappa shape index (κ2) is 9.30. The minimum absolute atomic E-state index is 0.123. The molecule has 0 saturated heterocycles. The van der Waals surface area contributed by atoms with Crippen molar-refractivity contribution in [2.45, 2.75) is 65.4 Å². The summed E-state index contributed by atoms with van der Waals surface area (Å²) >= 11 is 1.11. The molecule has 2 aromatic heterocycles. The summed E-state index contributed by atoms with van der Waals surface area (Å²) in [4.78, 5) is 17.9. The van der Waals surface area contributed by atoms with Crippen molar-refractivity contribution in [2.75, 3.05) is 5.73 Å². The molecule has 0 spiro atoms. The maximum atomic E-state index is 14.8. The number of benzene rings is 1. The molecule has 0 atom stereocenters. The minimum Gasteiger partial charge on any atom is -0.456 e. The average molecular weight is 447 g/mol. The number of thiophene rings is 1. The van der Waals surface area contributed by atoms with E-state index in [0.717, 1.165) is 48.6 Å². The normalized spacial score (nSPS) is 11.8. The summed E-state index contributed by atoms with van der Waals surface area (Å²) in [5.41, 5.74) is 7.30. The fraction of sp³-hybridized carbons (Fsp3) is 0.417. The van der Waals surface area contributed by atoms with Gasteiger partial charge in [-0.1, -0.05) is 38.3 Å². The van der Waals surface area contributed by atoms with Gasteiger partial charge in [0.15, 0.2) is 11.6 Å². The Morgan fingerprint density at radius 2 is 1.94 bits per heavy atom. The number of anilines is 1. The topological polar surface area (TPSA) is 65.2 Å². The molecule has 4 nitrogen and oxygen atoms in total. The number of aryl methyl sites for hydroxylation is 1. The van der Waals surface area contributed by atoms with Crippen molar-refractivity contribution in [3.05, 3.63) is 46.5 Å². The van der Waals surface area contributed by atoms with E-state index in [0.29, 0.717) is 22.2 Å². The molecule has 0 radical (unpaired) electrons. The Balaban J connectivity index is 2.19. The molecule has 7 heteroatoms. The van der Waals surface area contributed by atoms with Crippen LogP contribution in [0.1, 0.15) is 68.6 Å². The largest absolute Gasteiger partial charge is 0.456 e. The molecule has 0 aliphatic rings. The SMILES string of the molecule is CCCCCCc1cnc2sc(C(=O)OC(C)(C)C)c(N)c2c1-c1cccc(F)c1F. The second-order valence-corrected chi connectivity index (χ2v) is 9.60. The van der Waals surface area contributed by atoms with Crippen LogP contribution in [0.5, 0.6) is 0 Å². The van der Waals surface area contributed by atoms with Crippen molar-refractivity contribution < 1.29 is 18.3 Å². The highest BCUT2D eigenvalue weighted by atomic mass is 32.1. The number of carbonyl (C=O) groups excluding carboxylic acids is 1. The molecule has 166 valence electrons. The first-order valence-electron chi connectivity index (χ1n) is 10.5. The van der Waals surface area contributed by atoms with Crippen LogP contribution in [0.3, 0.4) is 0 Å². The van der Waals surface area contributed by atoms with Crippen LogP contribution in [0, 0.1) is 11.6 Å². The van der Waals surface area contributed by atoms with E-state index >= 15 is 0 Å². The highest BCUT2D eigenvalue weighted by Crippen LogP contribution is 2.42. The van der Waals surface area contributed by atoms with Crippen LogP contribution in [0.15, 0.2) is 24.4 Å². The molecule has 0 fully saturated rings. The van der Waals surface area contributed by atoms with Crippen LogP contribution in [-0.4, -0.2) is 16.6 Å². The van der Waals surface area contributed by atoms with E-state index < -0.39 is 23.2 Å². The summed E-state index contributed by atoms with van der Waals surface area (Å²) in [6.45, 7) is 7.45. The van der Waals surface area contributed by atoms with Crippen molar-refractivity contribution in [3.8, 4) is 11.1 Å². The number of esters is 1. The summed E-state index contributed by atoms with van der Waals surface area (Å²) in [5, 5.41) is 0.475. The van der Waals surface area contributed by atoms with E-state index in [-0.39, 0.29) is 16.1 Å². The molecule has 0 amide bonds. The van der Waals surface area contributed by atoms with Gasteiger partial charge in [-0.2, -0.15) is 0 Å².